The first kappa shape index (κ1) is 23.8. The quantitative estimate of drug-likeness (QED) is 0.370. The van der Waals surface area contributed by atoms with Gasteiger partial charge in [0, 0.05) is 39.3 Å². The van der Waals surface area contributed by atoms with E-state index in [2.05, 4.69) is 10.1 Å². The maximum Gasteiger partial charge on any atom is 0.293 e. The minimum atomic E-state index is -3.81. The monoisotopic (exact) mass is 485 g/mol. The molecule has 1 aromatic heterocycles. The maximum atomic E-state index is 13.1. The lowest BCUT2D eigenvalue weighted by atomic mass is 10.1. The van der Waals surface area contributed by atoms with Gasteiger partial charge in [-0.3, -0.25) is 10.1 Å². The van der Waals surface area contributed by atoms with Gasteiger partial charge in [-0.25, -0.2) is 18.1 Å². The standard InChI is InChI=1S/C22H27N7O4S/c1-17(18-4-6-19(7-5-18)28-16-23-15-24-28)26(3)21-9-8-20(14-22(21)29(30)31)34(32,33)27-12-10-25(2)11-13-27/h4-9,14-17H,10-13H2,1-3H3. The number of sulfonamides is 1. The van der Waals surface area contributed by atoms with Crippen LogP contribution in [0.25, 0.3) is 5.69 Å². The van der Waals surface area contributed by atoms with E-state index in [9.17, 15) is 18.5 Å². The van der Waals surface area contributed by atoms with Crippen molar-refractivity contribution in [1.29, 1.82) is 0 Å². The Morgan fingerprint density at radius 1 is 1.09 bits per heavy atom. The van der Waals surface area contributed by atoms with Crippen LogP contribution in [-0.4, -0.2) is 77.6 Å². The van der Waals surface area contributed by atoms with Gasteiger partial charge in [0.05, 0.1) is 21.5 Å². The number of hydrogen-bond acceptors (Lipinski definition) is 8. The maximum absolute atomic E-state index is 13.1. The normalized spacial score (nSPS) is 16.3. The number of benzene rings is 2. The molecule has 4 rings (SSSR count). The van der Waals surface area contributed by atoms with Crippen molar-refractivity contribution < 1.29 is 13.3 Å². The van der Waals surface area contributed by atoms with Crippen LogP contribution in [0.15, 0.2) is 60.0 Å². The molecular formula is C22H27N7O4S. The Hall–Kier alpha value is -3.35. The van der Waals surface area contributed by atoms with Crippen LogP contribution < -0.4 is 4.90 Å². The molecule has 0 spiro atoms. The van der Waals surface area contributed by atoms with Crippen molar-refractivity contribution in [3.8, 4) is 5.69 Å². The number of nitro groups is 1. The highest BCUT2D eigenvalue weighted by Gasteiger charge is 2.31. The number of rotatable bonds is 7. The summed E-state index contributed by atoms with van der Waals surface area (Å²) in [5.74, 6) is 0. The van der Waals surface area contributed by atoms with Crippen LogP contribution >= 0.6 is 0 Å². The van der Waals surface area contributed by atoms with Gasteiger partial charge >= 0.3 is 0 Å². The Bertz CT molecular complexity index is 1250. The Labute approximate surface area is 198 Å². The van der Waals surface area contributed by atoms with Gasteiger partial charge in [0.1, 0.15) is 18.3 Å². The molecule has 2 heterocycles. The summed E-state index contributed by atoms with van der Waals surface area (Å²) in [5, 5.41) is 16.0. The van der Waals surface area contributed by atoms with E-state index >= 15 is 0 Å². The molecule has 180 valence electrons. The lowest BCUT2D eigenvalue weighted by molar-refractivity contribution is -0.384. The fraction of sp³-hybridized carbons (Fsp3) is 0.364. The molecular weight excluding hydrogens is 458 g/mol. The third-order valence-corrected chi connectivity index (χ3v) is 8.16. The predicted octanol–water partition coefficient (Wildman–Crippen LogP) is 2.31. The molecule has 12 heteroatoms. The minimum absolute atomic E-state index is 0.0641. The lowest BCUT2D eigenvalue weighted by Gasteiger charge is -2.31. The summed E-state index contributed by atoms with van der Waals surface area (Å²) in [7, 11) is -0.122. The van der Waals surface area contributed by atoms with Crippen molar-refractivity contribution in [2.24, 2.45) is 0 Å². The van der Waals surface area contributed by atoms with E-state index in [0.29, 0.717) is 31.9 Å². The summed E-state index contributed by atoms with van der Waals surface area (Å²) in [6.07, 6.45) is 3.06. The molecule has 1 aliphatic rings. The molecule has 0 amide bonds. The Balaban J connectivity index is 1.60. The second-order valence-electron chi connectivity index (χ2n) is 8.33. The number of piperazine rings is 1. The summed E-state index contributed by atoms with van der Waals surface area (Å²) in [5.41, 5.74) is 1.88. The Morgan fingerprint density at radius 3 is 2.35 bits per heavy atom. The highest BCUT2D eigenvalue weighted by Crippen LogP contribution is 2.35. The van der Waals surface area contributed by atoms with E-state index in [4.69, 9.17) is 0 Å². The first-order chi connectivity index (χ1) is 16.2. The van der Waals surface area contributed by atoms with Gasteiger partial charge in [0.2, 0.25) is 10.0 Å². The van der Waals surface area contributed by atoms with Gasteiger partial charge < -0.3 is 9.80 Å². The Kier molecular flexibility index (Phi) is 6.64. The fourth-order valence-corrected chi connectivity index (χ4v) is 5.41. The molecule has 0 N–H and O–H groups in total. The number of hydrogen-bond donors (Lipinski definition) is 0. The van der Waals surface area contributed by atoms with Gasteiger partial charge in [-0.1, -0.05) is 12.1 Å². The first-order valence-electron chi connectivity index (χ1n) is 10.8. The SMILES string of the molecule is CC(c1ccc(-n2cncn2)cc1)N(C)c1ccc(S(=O)(=O)N2CCN(C)CC2)cc1[N+](=O)[O-]. The van der Waals surface area contributed by atoms with Crippen molar-refractivity contribution in [3.05, 3.63) is 70.8 Å². The second-order valence-corrected chi connectivity index (χ2v) is 10.3. The number of anilines is 1. The molecule has 34 heavy (non-hydrogen) atoms. The van der Waals surface area contributed by atoms with Crippen LogP contribution in [0.2, 0.25) is 0 Å². The molecule has 3 aromatic rings. The van der Waals surface area contributed by atoms with Crippen molar-refractivity contribution in [3.63, 3.8) is 0 Å². The minimum Gasteiger partial charge on any atom is -0.362 e. The van der Waals surface area contributed by atoms with Crippen LogP contribution in [0.3, 0.4) is 0 Å². The molecule has 0 saturated carbocycles. The van der Waals surface area contributed by atoms with E-state index in [1.807, 2.05) is 43.1 Å². The molecule has 1 unspecified atom stereocenters. The smallest absolute Gasteiger partial charge is 0.293 e. The third kappa shape index (κ3) is 4.65. The molecule has 1 aliphatic heterocycles. The molecule has 11 nitrogen and oxygen atoms in total. The summed E-state index contributed by atoms with van der Waals surface area (Å²) in [6, 6.07) is 11.6. The van der Waals surface area contributed by atoms with E-state index in [1.54, 1.807) is 23.0 Å². The summed E-state index contributed by atoms with van der Waals surface area (Å²) >= 11 is 0. The highest BCUT2D eigenvalue weighted by atomic mass is 32.2. The van der Waals surface area contributed by atoms with Crippen LogP contribution in [-0.2, 0) is 10.0 Å². The summed E-state index contributed by atoms with van der Waals surface area (Å²) in [4.78, 5) is 19.1. The van der Waals surface area contributed by atoms with Gasteiger partial charge in [-0.2, -0.15) is 9.40 Å². The van der Waals surface area contributed by atoms with E-state index in [1.165, 1.54) is 28.8 Å². The van der Waals surface area contributed by atoms with E-state index in [0.717, 1.165) is 11.3 Å². The second kappa shape index (κ2) is 9.49. The topological polar surface area (TPSA) is 118 Å². The fourth-order valence-electron chi connectivity index (χ4n) is 3.97. The van der Waals surface area contributed by atoms with Crippen LogP contribution in [0.4, 0.5) is 11.4 Å². The molecule has 1 fully saturated rings. The number of nitro benzene ring substituents is 1. The zero-order chi connectivity index (χ0) is 24.5. The molecule has 0 aliphatic carbocycles. The molecule has 0 bridgehead atoms. The van der Waals surface area contributed by atoms with Gasteiger partial charge in [-0.05, 0) is 43.8 Å². The molecule has 1 saturated heterocycles. The summed E-state index contributed by atoms with van der Waals surface area (Å²) in [6.45, 7) is 3.89. The van der Waals surface area contributed by atoms with Gasteiger partial charge in [-0.15, -0.1) is 0 Å². The summed E-state index contributed by atoms with van der Waals surface area (Å²) < 4.78 is 29.2. The van der Waals surface area contributed by atoms with Crippen LogP contribution in [0.1, 0.15) is 18.5 Å². The van der Waals surface area contributed by atoms with Crippen molar-refractivity contribution in [2.45, 2.75) is 17.9 Å². The average Bonchev–Trinajstić information content (AvgIpc) is 3.38. The molecule has 2 aromatic carbocycles. The number of aromatic nitrogens is 3. The highest BCUT2D eigenvalue weighted by molar-refractivity contribution is 7.89. The molecule has 1 atom stereocenters. The largest absolute Gasteiger partial charge is 0.362 e. The molecule has 0 radical (unpaired) electrons. The lowest BCUT2D eigenvalue weighted by Crippen LogP contribution is -2.47. The van der Waals surface area contributed by atoms with Gasteiger partial charge in [0.25, 0.3) is 5.69 Å². The van der Waals surface area contributed by atoms with E-state index < -0.39 is 14.9 Å². The van der Waals surface area contributed by atoms with Crippen molar-refractivity contribution in [1.82, 2.24) is 24.0 Å². The van der Waals surface area contributed by atoms with Crippen molar-refractivity contribution >= 4 is 21.4 Å². The van der Waals surface area contributed by atoms with Gasteiger partial charge in [0.15, 0.2) is 0 Å². The zero-order valence-electron chi connectivity index (χ0n) is 19.3. The predicted molar refractivity (Wildman–Crippen MR) is 128 cm³/mol. The zero-order valence-corrected chi connectivity index (χ0v) is 20.1. The Morgan fingerprint density at radius 2 is 1.76 bits per heavy atom. The van der Waals surface area contributed by atoms with Crippen LogP contribution in [0.5, 0.6) is 0 Å². The number of nitrogens with zero attached hydrogens (tertiary/aromatic N) is 7. The first-order valence-corrected chi connectivity index (χ1v) is 12.3. The van der Waals surface area contributed by atoms with Crippen molar-refractivity contribution in [2.75, 3.05) is 45.2 Å². The third-order valence-electron chi connectivity index (χ3n) is 6.26. The van der Waals surface area contributed by atoms with Crippen LogP contribution in [0, 0.1) is 10.1 Å². The van der Waals surface area contributed by atoms with E-state index in [-0.39, 0.29) is 16.6 Å². The average molecular weight is 486 g/mol. The number of likely N-dealkylation sites (N-methyl/N-ethyl adjacent to an activating group) is 1.